The van der Waals surface area contributed by atoms with E-state index >= 15 is 0 Å². The van der Waals surface area contributed by atoms with E-state index in [1.807, 2.05) is 39.3 Å². The van der Waals surface area contributed by atoms with Crippen LogP contribution in [0.4, 0.5) is 5.69 Å². The van der Waals surface area contributed by atoms with E-state index < -0.39 is 0 Å². The number of nitrogens with zero attached hydrogens (tertiary/aromatic N) is 2. The monoisotopic (exact) mass is 379 g/mol. The van der Waals surface area contributed by atoms with Crippen LogP contribution in [0.25, 0.3) is 0 Å². The molecule has 0 fully saturated rings. The highest BCUT2D eigenvalue weighted by Gasteiger charge is 2.22. The smallest absolute Gasteiger partial charge is 0.261 e. The maximum Gasteiger partial charge on any atom is 0.261 e. The summed E-state index contributed by atoms with van der Waals surface area (Å²) in [6.45, 7) is 9.68. The summed E-state index contributed by atoms with van der Waals surface area (Å²) in [7, 11) is 1.90. The van der Waals surface area contributed by atoms with Gasteiger partial charge in [-0.3, -0.25) is 9.59 Å². The number of hydrogen-bond donors (Lipinski definition) is 1. The summed E-state index contributed by atoms with van der Waals surface area (Å²) in [6.07, 6.45) is 2.87. The summed E-state index contributed by atoms with van der Waals surface area (Å²) in [6, 6.07) is 5.79. The van der Waals surface area contributed by atoms with E-state index in [1.165, 1.54) is 0 Å². The van der Waals surface area contributed by atoms with Gasteiger partial charge in [0, 0.05) is 29.7 Å². The lowest BCUT2D eigenvalue weighted by Crippen LogP contribution is -2.30. The number of benzene rings is 1. The molecular formula is C23H29N3O2. The van der Waals surface area contributed by atoms with Crippen LogP contribution in [0.15, 0.2) is 16.9 Å². The molecule has 0 radical (unpaired) electrons. The first-order chi connectivity index (χ1) is 13.3. The van der Waals surface area contributed by atoms with Crippen molar-refractivity contribution < 1.29 is 4.79 Å². The van der Waals surface area contributed by atoms with E-state index in [1.54, 1.807) is 19.1 Å². The van der Waals surface area contributed by atoms with Crippen molar-refractivity contribution in [3.05, 3.63) is 61.6 Å². The number of rotatable bonds is 6. The van der Waals surface area contributed by atoms with Gasteiger partial charge in [0.05, 0.1) is 11.6 Å². The molecule has 28 heavy (non-hydrogen) atoms. The predicted octanol–water partition coefficient (Wildman–Crippen LogP) is 4.20. The molecule has 0 unspecified atom stereocenters. The fraction of sp³-hybridized carbons (Fsp3) is 0.435. The van der Waals surface area contributed by atoms with Gasteiger partial charge in [-0.2, -0.15) is 5.26 Å². The van der Waals surface area contributed by atoms with Crippen molar-refractivity contribution in [2.45, 2.75) is 60.3 Å². The molecule has 0 saturated carbocycles. The van der Waals surface area contributed by atoms with Gasteiger partial charge < -0.3 is 9.88 Å². The first kappa shape index (κ1) is 21.4. The number of aromatic nitrogens is 1. The lowest BCUT2D eigenvalue weighted by atomic mass is 9.98. The zero-order valence-electron chi connectivity index (χ0n) is 17.7. The molecule has 5 heteroatoms. The molecule has 1 aromatic carbocycles. The minimum atomic E-state index is -0.374. The van der Waals surface area contributed by atoms with Crippen molar-refractivity contribution in [3.63, 3.8) is 0 Å². The quantitative estimate of drug-likeness (QED) is 0.817. The molecule has 0 aliphatic carbocycles. The molecule has 0 spiro atoms. The van der Waals surface area contributed by atoms with Gasteiger partial charge in [0.1, 0.15) is 5.56 Å². The average Bonchev–Trinajstić information content (AvgIpc) is 2.70. The van der Waals surface area contributed by atoms with Crippen molar-refractivity contribution in [1.82, 2.24) is 4.57 Å². The van der Waals surface area contributed by atoms with Crippen LogP contribution >= 0.6 is 0 Å². The first-order valence-electron chi connectivity index (χ1n) is 9.86. The molecule has 1 amide bonds. The fourth-order valence-electron chi connectivity index (χ4n) is 3.59. The van der Waals surface area contributed by atoms with E-state index in [0.29, 0.717) is 30.4 Å². The van der Waals surface area contributed by atoms with Gasteiger partial charge in [0.25, 0.3) is 5.91 Å². The number of amides is 1. The Hall–Kier alpha value is -2.87. The second kappa shape index (κ2) is 8.88. The van der Waals surface area contributed by atoms with Gasteiger partial charge in [0.15, 0.2) is 5.43 Å². The van der Waals surface area contributed by atoms with Crippen LogP contribution < -0.4 is 10.7 Å². The molecule has 0 bridgehead atoms. The largest absolute Gasteiger partial charge is 0.351 e. The van der Waals surface area contributed by atoms with E-state index in [9.17, 15) is 14.9 Å². The van der Waals surface area contributed by atoms with Crippen molar-refractivity contribution in [1.29, 1.82) is 5.26 Å². The van der Waals surface area contributed by atoms with Crippen molar-refractivity contribution in [2.24, 2.45) is 7.05 Å². The maximum atomic E-state index is 13.2. The summed E-state index contributed by atoms with van der Waals surface area (Å²) in [5, 5.41) is 12.3. The Morgan fingerprint density at radius 2 is 1.71 bits per heavy atom. The molecule has 0 saturated heterocycles. The van der Waals surface area contributed by atoms with Gasteiger partial charge in [-0.15, -0.1) is 0 Å². The zero-order chi connectivity index (χ0) is 21.0. The molecule has 1 heterocycles. The molecule has 2 aromatic rings. The van der Waals surface area contributed by atoms with Crippen molar-refractivity contribution >= 4 is 11.6 Å². The van der Waals surface area contributed by atoms with Gasteiger partial charge in [0.2, 0.25) is 0 Å². The highest BCUT2D eigenvalue weighted by molar-refractivity contribution is 6.06. The molecule has 0 aliphatic rings. The Labute approximate surface area is 167 Å². The first-order valence-corrected chi connectivity index (χ1v) is 9.86. The summed E-state index contributed by atoms with van der Waals surface area (Å²) < 4.78 is 1.95. The van der Waals surface area contributed by atoms with E-state index in [0.717, 1.165) is 34.6 Å². The highest BCUT2D eigenvalue weighted by Crippen LogP contribution is 2.26. The number of aryl methyl sites for hydroxylation is 2. The normalized spacial score (nSPS) is 10.6. The zero-order valence-corrected chi connectivity index (χ0v) is 17.7. The number of carbonyl (C=O) groups is 1. The molecule has 1 N–H and O–H groups in total. The van der Waals surface area contributed by atoms with E-state index in [-0.39, 0.29) is 16.9 Å². The lowest BCUT2D eigenvalue weighted by molar-refractivity contribution is 0.102. The Balaban J connectivity index is 2.64. The van der Waals surface area contributed by atoms with Crippen LogP contribution in [0, 0.1) is 25.2 Å². The van der Waals surface area contributed by atoms with E-state index in [2.05, 4.69) is 11.4 Å². The molecule has 2 rings (SSSR count). The Morgan fingerprint density at radius 3 is 2.18 bits per heavy atom. The van der Waals surface area contributed by atoms with Crippen molar-refractivity contribution in [3.8, 4) is 6.07 Å². The van der Waals surface area contributed by atoms with Crippen LogP contribution in [0.1, 0.15) is 71.2 Å². The maximum absolute atomic E-state index is 13.2. The second-order valence-corrected chi connectivity index (χ2v) is 7.11. The standard InChI is InChI=1S/C23H29N3O2/c1-7-10-19-20(22(27)14(4)15(5)26(19)6)23(28)25-21-17(8-2)11-16(13-24)12-18(21)9-3/h11-12H,7-10H2,1-6H3,(H,25,28). The van der Waals surface area contributed by atoms with Crippen LogP contribution in [-0.2, 0) is 26.3 Å². The Bertz CT molecular complexity index is 985. The van der Waals surface area contributed by atoms with Crippen LogP contribution in [0.2, 0.25) is 0 Å². The highest BCUT2D eigenvalue weighted by atomic mass is 16.2. The fourth-order valence-corrected chi connectivity index (χ4v) is 3.59. The predicted molar refractivity (Wildman–Crippen MR) is 113 cm³/mol. The lowest BCUT2D eigenvalue weighted by Gasteiger charge is -2.20. The Kier molecular flexibility index (Phi) is 6.80. The Morgan fingerprint density at radius 1 is 1.14 bits per heavy atom. The molecular weight excluding hydrogens is 350 g/mol. The van der Waals surface area contributed by atoms with Gasteiger partial charge >= 0.3 is 0 Å². The third-order valence-corrected chi connectivity index (χ3v) is 5.45. The molecule has 148 valence electrons. The molecule has 1 aromatic heterocycles. The number of hydrogen-bond acceptors (Lipinski definition) is 3. The van der Waals surface area contributed by atoms with Gasteiger partial charge in [-0.25, -0.2) is 0 Å². The molecule has 0 aliphatic heterocycles. The summed E-state index contributed by atoms with van der Waals surface area (Å²) >= 11 is 0. The number of pyridine rings is 1. The van der Waals surface area contributed by atoms with E-state index in [4.69, 9.17) is 0 Å². The number of carbonyl (C=O) groups excluding carboxylic acids is 1. The molecule has 5 nitrogen and oxygen atoms in total. The van der Waals surface area contributed by atoms with Crippen molar-refractivity contribution in [2.75, 3.05) is 5.32 Å². The third-order valence-electron chi connectivity index (χ3n) is 5.45. The minimum absolute atomic E-state index is 0.207. The van der Waals surface area contributed by atoms with Gasteiger partial charge in [-0.1, -0.05) is 27.2 Å². The second-order valence-electron chi connectivity index (χ2n) is 7.11. The summed E-state index contributed by atoms with van der Waals surface area (Å²) in [4.78, 5) is 26.2. The van der Waals surface area contributed by atoms with Gasteiger partial charge in [-0.05, 0) is 56.4 Å². The average molecular weight is 380 g/mol. The van der Waals surface area contributed by atoms with Crippen LogP contribution in [-0.4, -0.2) is 10.5 Å². The SMILES string of the molecule is CCCc1c(C(=O)Nc2c(CC)cc(C#N)cc2CC)c(=O)c(C)c(C)n1C. The summed E-state index contributed by atoms with van der Waals surface area (Å²) in [5.74, 6) is -0.374. The summed E-state index contributed by atoms with van der Waals surface area (Å²) in [5.41, 5.74) is 5.37. The number of anilines is 1. The van der Waals surface area contributed by atoms with Crippen LogP contribution in [0.3, 0.4) is 0 Å². The third kappa shape index (κ3) is 3.87. The number of nitrogens with one attached hydrogen (secondary N) is 1. The van der Waals surface area contributed by atoms with Crippen LogP contribution in [0.5, 0.6) is 0 Å². The minimum Gasteiger partial charge on any atom is -0.351 e. The molecule has 0 atom stereocenters. The topological polar surface area (TPSA) is 74.9 Å². The number of nitriles is 1.